The first kappa shape index (κ1) is 25.1. The Hall–Kier alpha value is -3.58. The van der Waals surface area contributed by atoms with Crippen molar-refractivity contribution in [2.24, 2.45) is 0 Å². The van der Waals surface area contributed by atoms with E-state index in [1.54, 1.807) is 24.3 Å². The van der Waals surface area contributed by atoms with Gasteiger partial charge in [0.15, 0.2) is 6.10 Å². The highest BCUT2D eigenvalue weighted by Crippen LogP contribution is 2.24. The number of ether oxygens (including phenoxy) is 2. The second kappa shape index (κ2) is 11.5. The van der Waals surface area contributed by atoms with Gasteiger partial charge in [0.25, 0.3) is 5.91 Å². The Kier molecular flexibility index (Phi) is 8.49. The number of hydrogen-bond acceptors (Lipinski definition) is 5. The molecule has 1 aromatic heterocycles. The SMILES string of the molecule is CCOc1ccccc1NC(=O)C(C)OC(=O)/C=C/c1c(C)nn(Cc2ccccc2Cl)c1C. The quantitative estimate of drug-likeness (QED) is 0.336. The minimum Gasteiger partial charge on any atom is -0.492 e. The Bertz CT molecular complexity index is 1200. The average Bonchev–Trinajstić information content (AvgIpc) is 3.07. The predicted octanol–water partition coefficient (Wildman–Crippen LogP) is 5.18. The summed E-state index contributed by atoms with van der Waals surface area (Å²) in [5.41, 5.74) is 3.94. The molecule has 7 nitrogen and oxygen atoms in total. The van der Waals surface area contributed by atoms with Crippen LogP contribution in [0.25, 0.3) is 6.08 Å². The van der Waals surface area contributed by atoms with Crippen molar-refractivity contribution < 1.29 is 19.1 Å². The third-order valence-electron chi connectivity index (χ3n) is 5.21. The van der Waals surface area contributed by atoms with Crippen molar-refractivity contribution in [2.75, 3.05) is 11.9 Å². The Morgan fingerprint density at radius 3 is 2.59 bits per heavy atom. The number of nitrogens with one attached hydrogen (secondary N) is 1. The third-order valence-corrected chi connectivity index (χ3v) is 5.58. The molecule has 0 radical (unpaired) electrons. The first-order valence-electron chi connectivity index (χ1n) is 11.0. The smallest absolute Gasteiger partial charge is 0.331 e. The van der Waals surface area contributed by atoms with Crippen LogP contribution in [-0.2, 0) is 20.9 Å². The lowest BCUT2D eigenvalue weighted by Gasteiger charge is -2.15. The standard InChI is InChI=1S/C26H28ClN3O4/c1-5-33-24-13-9-8-12-23(24)28-26(32)19(4)34-25(31)15-14-21-17(2)29-30(18(21)3)16-20-10-6-7-11-22(20)27/h6-15,19H,5,16H2,1-4H3,(H,28,32)/b15-14+. The van der Waals surface area contributed by atoms with E-state index in [1.165, 1.54) is 13.0 Å². The molecule has 0 spiro atoms. The summed E-state index contributed by atoms with van der Waals surface area (Å²) in [6.07, 6.45) is 1.96. The molecule has 8 heteroatoms. The number of para-hydroxylation sites is 2. The van der Waals surface area contributed by atoms with Gasteiger partial charge in [-0.15, -0.1) is 0 Å². The number of benzene rings is 2. The highest BCUT2D eigenvalue weighted by molar-refractivity contribution is 6.31. The fourth-order valence-corrected chi connectivity index (χ4v) is 3.59. The lowest BCUT2D eigenvalue weighted by molar-refractivity contribution is -0.148. The molecule has 178 valence electrons. The molecule has 0 bridgehead atoms. The number of amides is 1. The van der Waals surface area contributed by atoms with E-state index in [2.05, 4.69) is 10.4 Å². The molecule has 2 aromatic carbocycles. The van der Waals surface area contributed by atoms with Crippen LogP contribution in [0.15, 0.2) is 54.6 Å². The van der Waals surface area contributed by atoms with Crippen LogP contribution in [0.4, 0.5) is 5.69 Å². The van der Waals surface area contributed by atoms with Crippen molar-refractivity contribution in [2.45, 2.75) is 40.3 Å². The van der Waals surface area contributed by atoms with Crippen molar-refractivity contribution in [1.82, 2.24) is 9.78 Å². The normalized spacial score (nSPS) is 11.9. The maximum atomic E-state index is 12.5. The van der Waals surface area contributed by atoms with Crippen LogP contribution in [0.3, 0.4) is 0 Å². The molecule has 0 saturated heterocycles. The van der Waals surface area contributed by atoms with E-state index < -0.39 is 18.0 Å². The van der Waals surface area contributed by atoms with Crippen LogP contribution in [-0.4, -0.2) is 34.4 Å². The maximum absolute atomic E-state index is 12.5. The molecule has 1 atom stereocenters. The number of nitrogens with zero attached hydrogens (tertiary/aromatic N) is 2. The van der Waals surface area contributed by atoms with E-state index in [4.69, 9.17) is 21.1 Å². The summed E-state index contributed by atoms with van der Waals surface area (Å²) in [6, 6.07) is 14.7. The number of esters is 1. The largest absolute Gasteiger partial charge is 0.492 e. The lowest BCUT2D eigenvalue weighted by Crippen LogP contribution is -2.29. The van der Waals surface area contributed by atoms with Gasteiger partial charge in [0, 0.05) is 22.4 Å². The highest BCUT2D eigenvalue weighted by atomic mass is 35.5. The van der Waals surface area contributed by atoms with E-state index in [0.29, 0.717) is 29.6 Å². The van der Waals surface area contributed by atoms with Crippen molar-refractivity contribution >= 4 is 35.2 Å². The summed E-state index contributed by atoms with van der Waals surface area (Å²) < 4.78 is 12.6. The predicted molar refractivity (Wildman–Crippen MR) is 133 cm³/mol. The topological polar surface area (TPSA) is 82.4 Å². The van der Waals surface area contributed by atoms with Gasteiger partial charge >= 0.3 is 5.97 Å². The minimum atomic E-state index is -0.989. The highest BCUT2D eigenvalue weighted by Gasteiger charge is 2.18. The van der Waals surface area contributed by atoms with Gasteiger partial charge < -0.3 is 14.8 Å². The molecule has 1 amide bonds. The van der Waals surface area contributed by atoms with Gasteiger partial charge in [-0.05, 0) is 57.5 Å². The Morgan fingerprint density at radius 1 is 1.15 bits per heavy atom. The van der Waals surface area contributed by atoms with Crippen LogP contribution >= 0.6 is 11.6 Å². The van der Waals surface area contributed by atoms with E-state index in [-0.39, 0.29) is 0 Å². The molecular weight excluding hydrogens is 454 g/mol. The minimum absolute atomic E-state index is 0.450. The summed E-state index contributed by atoms with van der Waals surface area (Å²) in [5, 5.41) is 7.97. The number of anilines is 1. The molecule has 3 rings (SSSR count). The number of carbonyl (C=O) groups is 2. The number of halogens is 1. The van der Waals surface area contributed by atoms with E-state index in [0.717, 1.165) is 22.5 Å². The average molecular weight is 482 g/mol. The molecule has 0 aliphatic rings. The molecular formula is C26H28ClN3O4. The van der Waals surface area contributed by atoms with E-state index in [1.807, 2.05) is 55.8 Å². The van der Waals surface area contributed by atoms with Gasteiger partial charge in [0.2, 0.25) is 0 Å². The number of aromatic nitrogens is 2. The van der Waals surface area contributed by atoms with Crippen molar-refractivity contribution in [3.05, 3.63) is 82.1 Å². The molecule has 0 aliphatic carbocycles. The third kappa shape index (κ3) is 6.26. The van der Waals surface area contributed by atoms with Gasteiger partial charge in [-0.1, -0.05) is 41.9 Å². The van der Waals surface area contributed by atoms with Gasteiger partial charge in [-0.3, -0.25) is 9.48 Å². The van der Waals surface area contributed by atoms with Crippen LogP contribution in [0.2, 0.25) is 5.02 Å². The van der Waals surface area contributed by atoms with Crippen molar-refractivity contribution in [3.8, 4) is 5.75 Å². The van der Waals surface area contributed by atoms with Crippen LogP contribution in [0.1, 0.15) is 36.4 Å². The van der Waals surface area contributed by atoms with Gasteiger partial charge in [-0.25, -0.2) is 4.79 Å². The van der Waals surface area contributed by atoms with Gasteiger partial charge in [0.05, 0.1) is 24.5 Å². The molecule has 0 saturated carbocycles. The first-order valence-corrected chi connectivity index (χ1v) is 11.4. The fourth-order valence-electron chi connectivity index (χ4n) is 3.40. The Labute approximate surface area is 204 Å². The van der Waals surface area contributed by atoms with Crippen molar-refractivity contribution in [3.63, 3.8) is 0 Å². The molecule has 0 fully saturated rings. The number of carbonyl (C=O) groups excluding carboxylic acids is 2. The van der Waals surface area contributed by atoms with E-state index >= 15 is 0 Å². The zero-order valence-electron chi connectivity index (χ0n) is 19.7. The lowest BCUT2D eigenvalue weighted by atomic mass is 10.1. The maximum Gasteiger partial charge on any atom is 0.331 e. The molecule has 1 unspecified atom stereocenters. The second-order valence-electron chi connectivity index (χ2n) is 7.66. The molecule has 34 heavy (non-hydrogen) atoms. The molecule has 1 heterocycles. The van der Waals surface area contributed by atoms with Gasteiger partial charge in [-0.2, -0.15) is 5.10 Å². The van der Waals surface area contributed by atoms with Crippen molar-refractivity contribution in [1.29, 1.82) is 0 Å². The molecule has 1 N–H and O–H groups in total. The Morgan fingerprint density at radius 2 is 1.85 bits per heavy atom. The monoisotopic (exact) mass is 481 g/mol. The summed E-state index contributed by atoms with van der Waals surface area (Å²) in [4.78, 5) is 24.9. The van der Waals surface area contributed by atoms with E-state index in [9.17, 15) is 9.59 Å². The van der Waals surface area contributed by atoms with Gasteiger partial charge in [0.1, 0.15) is 5.75 Å². The zero-order valence-corrected chi connectivity index (χ0v) is 20.4. The molecule has 0 aliphatic heterocycles. The first-order chi connectivity index (χ1) is 16.3. The second-order valence-corrected chi connectivity index (χ2v) is 8.07. The summed E-state index contributed by atoms with van der Waals surface area (Å²) in [7, 11) is 0. The number of aryl methyl sites for hydroxylation is 1. The Balaban J connectivity index is 1.63. The number of hydrogen-bond donors (Lipinski definition) is 1. The molecule has 3 aromatic rings. The van der Waals surface area contributed by atoms with Crippen LogP contribution in [0.5, 0.6) is 5.75 Å². The summed E-state index contributed by atoms with van der Waals surface area (Å²) in [6.45, 7) is 8.16. The zero-order chi connectivity index (χ0) is 24.7. The van der Waals surface area contributed by atoms with Crippen LogP contribution in [0, 0.1) is 13.8 Å². The number of rotatable bonds is 9. The fraction of sp³-hybridized carbons (Fsp3) is 0.269. The summed E-state index contributed by atoms with van der Waals surface area (Å²) in [5.74, 6) is -0.524. The summed E-state index contributed by atoms with van der Waals surface area (Å²) >= 11 is 6.27. The van der Waals surface area contributed by atoms with Crippen LogP contribution < -0.4 is 10.1 Å².